The number of amidine groups is 1. The van der Waals surface area contributed by atoms with Gasteiger partial charge < -0.3 is 15.0 Å². The summed E-state index contributed by atoms with van der Waals surface area (Å²) in [4.78, 5) is 26.3. The largest absolute Gasteiger partial charge is 0.455 e. The van der Waals surface area contributed by atoms with Crippen LogP contribution in [0.25, 0.3) is 0 Å². The van der Waals surface area contributed by atoms with Crippen LogP contribution in [0.2, 0.25) is 0 Å². The van der Waals surface area contributed by atoms with Gasteiger partial charge in [-0.15, -0.1) is 4.40 Å². The summed E-state index contributed by atoms with van der Waals surface area (Å²) in [5.74, 6) is -0.870. The van der Waals surface area contributed by atoms with Crippen molar-refractivity contribution in [1.29, 1.82) is 0 Å². The highest BCUT2D eigenvalue weighted by molar-refractivity contribution is 7.90. The maximum absolute atomic E-state index is 12.4. The highest BCUT2D eigenvalue weighted by Gasteiger charge is 2.35. The number of carbonyl (C=O) groups excluding carboxylic acids is 2. The molecule has 0 spiro atoms. The molecule has 28 heavy (non-hydrogen) atoms. The Labute approximate surface area is 165 Å². The fraction of sp³-hybridized carbons (Fsp3) is 0.526. The predicted molar refractivity (Wildman–Crippen MR) is 103 cm³/mol. The summed E-state index contributed by atoms with van der Waals surface area (Å²) in [6.07, 6.45) is 1.33. The van der Waals surface area contributed by atoms with Gasteiger partial charge in [0.05, 0.1) is 5.92 Å². The molecule has 0 aromatic heterocycles. The summed E-state index contributed by atoms with van der Waals surface area (Å²) in [5, 5.41) is 2.74. The highest BCUT2D eigenvalue weighted by atomic mass is 32.2. The van der Waals surface area contributed by atoms with Gasteiger partial charge in [0.25, 0.3) is 15.9 Å². The molecule has 0 aliphatic carbocycles. The van der Waals surface area contributed by atoms with Crippen LogP contribution in [0.3, 0.4) is 0 Å². The number of fused-ring (bicyclic) bond motifs is 1. The minimum Gasteiger partial charge on any atom is -0.455 e. The smallest absolute Gasteiger partial charge is 0.311 e. The van der Waals surface area contributed by atoms with Crippen molar-refractivity contribution in [1.82, 2.24) is 10.2 Å². The number of ether oxygens (including phenoxy) is 1. The lowest BCUT2D eigenvalue weighted by Gasteiger charge is -2.33. The van der Waals surface area contributed by atoms with Gasteiger partial charge >= 0.3 is 5.97 Å². The molecule has 1 N–H and O–H groups in total. The Morgan fingerprint density at radius 3 is 2.71 bits per heavy atom. The van der Waals surface area contributed by atoms with Crippen LogP contribution in [0.1, 0.15) is 39.2 Å². The number of amides is 1. The van der Waals surface area contributed by atoms with E-state index in [0.29, 0.717) is 37.3 Å². The zero-order valence-corrected chi connectivity index (χ0v) is 17.1. The Balaban J connectivity index is 1.65. The average molecular weight is 407 g/mol. The number of rotatable bonds is 3. The van der Waals surface area contributed by atoms with Gasteiger partial charge in [0.1, 0.15) is 4.90 Å². The summed E-state index contributed by atoms with van der Waals surface area (Å²) in [6.45, 7) is 6.13. The summed E-state index contributed by atoms with van der Waals surface area (Å²) >= 11 is 0. The Bertz CT molecular complexity index is 918. The quantitative estimate of drug-likeness (QED) is 0.758. The molecule has 0 bridgehead atoms. The number of hydrogen-bond donors (Lipinski definition) is 1. The molecule has 2 aliphatic heterocycles. The highest BCUT2D eigenvalue weighted by Crippen LogP contribution is 2.29. The number of sulfonamides is 1. The minimum atomic E-state index is -3.70. The molecule has 152 valence electrons. The van der Waals surface area contributed by atoms with Crippen LogP contribution >= 0.6 is 0 Å². The summed E-state index contributed by atoms with van der Waals surface area (Å²) < 4.78 is 33.6. The molecule has 0 radical (unpaired) electrons. The summed E-state index contributed by atoms with van der Waals surface area (Å²) in [6, 6.07) is 6.68. The topological polar surface area (TPSA) is 105 Å². The Hall–Kier alpha value is -2.42. The van der Waals surface area contributed by atoms with Crippen molar-refractivity contribution >= 4 is 27.7 Å². The average Bonchev–Trinajstić information content (AvgIpc) is 2.90. The number of hydrogen-bond acceptors (Lipinski definition) is 6. The van der Waals surface area contributed by atoms with Gasteiger partial charge in [0.2, 0.25) is 0 Å². The summed E-state index contributed by atoms with van der Waals surface area (Å²) in [7, 11) is -3.70. The third-order valence-corrected chi connectivity index (χ3v) is 5.85. The van der Waals surface area contributed by atoms with Crippen LogP contribution in [0, 0.1) is 5.92 Å². The van der Waals surface area contributed by atoms with Crippen LogP contribution in [0.15, 0.2) is 33.6 Å². The predicted octanol–water partition coefficient (Wildman–Crippen LogP) is 1.31. The monoisotopic (exact) mass is 407 g/mol. The van der Waals surface area contributed by atoms with Crippen LogP contribution in [0.5, 0.6) is 0 Å². The zero-order chi connectivity index (χ0) is 20.5. The first kappa shape index (κ1) is 20.3. The third-order valence-electron chi connectivity index (χ3n) is 4.53. The molecule has 0 unspecified atom stereocenters. The number of esters is 1. The number of benzene rings is 1. The van der Waals surface area contributed by atoms with Crippen LogP contribution < -0.4 is 5.32 Å². The Morgan fingerprint density at radius 2 is 2.00 bits per heavy atom. The molecule has 1 saturated heterocycles. The zero-order valence-electron chi connectivity index (χ0n) is 16.3. The van der Waals surface area contributed by atoms with Crippen LogP contribution in [-0.4, -0.2) is 56.3 Å². The molecule has 1 amide bonds. The van der Waals surface area contributed by atoms with Gasteiger partial charge in [0.15, 0.2) is 12.4 Å². The van der Waals surface area contributed by atoms with E-state index >= 15 is 0 Å². The first-order chi connectivity index (χ1) is 13.1. The van der Waals surface area contributed by atoms with E-state index in [1.54, 1.807) is 18.2 Å². The molecule has 1 fully saturated rings. The maximum Gasteiger partial charge on any atom is 0.311 e. The summed E-state index contributed by atoms with van der Waals surface area (Å²) in [5.41, 5.74) is 0.158. The minimum absolute atomic E-state index is 0.188. The first-order valence-corrected chi connectivity index (χ1v) is 10.7. The van der Waals surface area contributed by atoms with Crippen molar-refractivity contribution in [3.05, 3.63) is 29.8 Å². The van der Waals surface area contributed by atoms with E-state index in [-0.39, 0.29) is 17.4 Å². The standard InChI is InChI=1S/C19H25N3O5S/c1-19(2,3)20-16(23)12-27-18(24)13-7-6-10-22(11-13)17-14-8-4-5-9-15(14)28(25,26)21-17/h4-5,8-9,13H,6-7,10-12H2,1-3H3,(H,20,23)/t13-/m0/s1. The SMILES string of the molecule is CC(C)(C)NC(=O)COC(=O)[C@H]1CCCN(C2=NS(=O)(=O)c3ccccc32)C1. The van der Waals surface area contributed by atoms with E-state index in [9.17, 15) is 18.0 Å². The molecular formula is C19H25N3O5S. The number of nitrogens with zero attached hydrogens (tertiary/aromatic N) is 2. The fourth-order valence-corrected chi connectivity index (χ4v) is 4.61. The lowest BCUT2D eigenvalue weighted by Crippen LogP contribution is -2.45. The molecule has 3 rings (SSSR count). The molecule has 2 heterocycles. The van der Waals surface area contributed by atoms with Gasteiger partial charge in [0, 0.05) is 24.2 Å². The number of nitrogens with one attached hydrogen (secondary N) is 1. The molecule has 0 saturated carbocycles. The van der Waals surface area contributed by atoms with E-state index in [4.69, 9.17) is 4.74 Å². The molecule has 8 nitrogen and oxygen atoms in total. The molecule has 1 aromatic rings. The van der Waals surface area contributed by atoms with Crippen LogP contribution in [0.4, 0.5) is 0 Å². The second-order valence-corrected chi connectivity index (χ2v) is 9.65. The van der Waals surface area contributed by atoms with Crippen molar-refractivity contribution in [2.24, 2.45) is 10.3 Å². The van der Waals surface area contributed by atoms with Crippen molar-refractivity contribution in [3.63, 3.8) is 0 Å². The van der Waals surface area contributed by atoms with Gasteiger partial charge in [-0.25, -0.2) is 0 Å². The van der Waals surface area contributed by atoms with Crippen LogP contribution in [-0.2, 0) is 24.3 Å². The van der Waals surface area contributed by atoms with E-state index in [1.807, 2.05) is 25.7 Å². The van der Waals surface area contributed by atoms with Gasteiger partial charge in [-0.05, 0) is 45.7 Å². The molecule has 9 heteroatoms. The van der Waals surface area contributed by atoms with E-state index in [0.717, 1.165) is 0 Å². The molecular weight excluding hydrogens is 382 g/mol. The lowest BCUT2D eigenvalue weighted by molar-refractivity contribution is -0.154. The van der Waals surface area contributed by atoms with E-state index < -0.39 is 27.4 Å². The van der Waals surface area contributed by atoms with Crippen molar-refractivity contribution < 1.29 is 22.7 Å². The van der Waals surface area contributed by atoms with E-state index in [1.165, 1.54) is 6.07 Å². The third kappa shape index (κ3) is 4.52. The van der Waals surface area contributed by atoms with Gasteiger partial charge in [-0.2, -0.15) is 8.42 Å². The van der Waals surface area contributed by atoms with Crippen molar-refractivity contribution in [2.75, 3.05) is 19.7 Å². The molecule has 1 aromatic carbocycles. The second kappa shape index (κ2) is 7.54. The normalized spacial score (nSPS) is 20.9. The van der Waals surface area contributed by atoms with Crippen molar-refractivity contribution in [2.45, 2.75) is 44.0 Å². The molecule has 1 atom stereocenters. The number of likely N-dealkylation sites (tertiary alicyclic amines) is 1. The Kier molecular flexibility index (Phi) is 5.47. The maximum atomic E-state index is 12.4. The Morgan fingerprint density at radius 1 is 1.29 bits per heavy atom. The van der Waals surface area contributed by atoms with E-state index in [2.05, 4.69) is 9.71 Å². The van der Waals surface area contributed by atoms with Crippen molar-refractivity contribution in [3.8, 4) is 0 Å². The molecule has 2 aliphatic rings. The second-order valence-electron chi connectivity index (χ2n) is 8.08. The lowest BCUT2D eigenvalue weighted by atomic mass is 9.97. The van der Waals surface area contributed by atoms with Gasteiger partial charge in [-0.1, -0.05) is 12.1 Å². The van der Waals surface area contributed by atoms with Gasteiger partial charge in [-0.3, -0.25) is 9.59 Å². The fourth-order valence-electron chi connectivity index (χ4n) is 3.39. The first-order valence-electron chi connectivity index (χ1n) is 9.24. The number of piperidine rings is 1. The number of carbonyl (C=O) groups is 2.